The van der Waals surface area contributed by atoms with E-state index in [9.17, 15) is 9.59 Å². The molecule has 3 heterocycles. The Hall–Kier alpha value is -5.02. The van der Waals surface area contributed by atoms with Gasteiger partial charge in [-0.05, 0) is 96.6 Å². The zero-order valence-electron chi connectivity index (χ0n) is 23.1. The maximum Gasteiger partial charge on any atom is 0.337 e. The van der Waals surface area contributed by atoms with Crippen LogP contribution in [0.15, 0.2) is 107 Å². The fourth-order valence-corrected chi connectivity index (χ4v) is 5.89. The number of carbonyl (C=O) groups is 2. The summed E-state index contributed by atoms with van der Waals surface area (Å²) >= 11 is 1.36. The zero-order chi connectivity index (χ0) is 29.1. The lowest BCUT2D eigenvalue weighted by Crippen LogP contribution is -2.31. The summed E-state index contributed by atoms with van der Waals surface area (Å²) in [5.41, 5.74) is 5.12. The van der Waals surface area contributed by atoms with E-state index in [0.717, 1.165) is 39.3 Å². The van der Waals surface area contributed by atoms with Crippen LogP contribution in [0.5, 0.6) is 5.75 Å². The number of nitrogens with one attached hydrogen (secondary N) is 1. The summed E-state index contributed by atoms with van der Waals surface area (Å²) in [6, 6.07) is 26.6. The summed E-state index contributed by atoms with van der Waals surface area (Å²) in [4.78, 5) is 36.2. The molecule has 1 aliphatic rings. The molecule has 1 fully saturated rings. The summed E-state index contributed by atoms with van der Waals surface area (Å²) < 4.78 is 12.1. The van der Waals surface area contributed by atoms with Gasteiger partial charge in [-0.1, -0.05) is 18.2 Å². The summed E-state index contributed by atoms with van der Waals surface area (Å²) in [7, 11) is 2.98. The van der Waals surface area contributed by atoms with Gasteiger partial charge in [0, 0.05) is 41.2 Å². The number of H-pyrrole nitrogens is 1. The van der Waals surface area contributed by atoms with Gasteiger partial charge in [0.2, 0.25) is 0 Å². The fraction of sp³-hybridized carbons (Fsp3) is 0.121. The number of esters is 1. The lowest BCUT2D eigenvalue weighted by Gasteiger charge is -2.15. The topological polar surface area (TPSA) is 88.9 Å². The van der Waals surface area contributed by atoms with Crippen LogP contribution in [-0.4, -0.2) is 52.3 Å². The van der Waals surface area contributed by atoms with E-state index in [4.69, 9.17) is 14.5 Å². The molecule has 6 rings (SSSR count). The van der Waals surface area contributed by atoms with Crippen LogP contribution in [0.3, 0.4) is 0 Å². The molecule has 0 atom stereocenters. The van der Waals surface area contributed by atoms with Gasteiger partial charge in [0.05, 0.1) is 30.4 Å². The average Bonchev–Trinajstić information content (AvgIpc) is 3.74. The Balaban J connectivity index is 1.31. The van der Waals surface area contributed by atoms with Gasteiger partial charge >= 0.3 is 5.97 Å². The van der Waals surface area contributed by atoms with Crippen LogP contribution in [-0.2, 0) is 16.0 Å². The first-order valence-corrected chi connectivity index (χ1v) is 14.2. The first-order valence-electron chi connectivity index (χ1n) is 13.4. The zero-order valence-corrected chi connectivity index (χ0v) is 23.9. The SMILES string of the molecule is COC(=O)c1ccc(-n2cccc2C=C2SC(=Nc3ccc(OC)cc3)N(CCc3c[nH]c4ccccc34)C2=O)cc1. The van der Waals surface area contributed by atoms with Crippen molar-refractivity contribution in [2.24, 2.45) is 4.99 Å². The molecule has 42 heavy (non-hydrogen) atoms. The Morgan fingerprint density at radius 1 is 0.976 bits per heavy atom. The number of carbonyl (C=O) groups excluding carboxylic acids is 2. The first kappa shape index (κ1) is 27.2. The number of benzene rings is 3. The Labute approximate surface area is 247 Å². The van der Waals surface area contributed by atoms with Crippen molar-refractivity contribution in [1.82, 2.24) is 14.5 Å². The smallest absolute Gasteiger partial charge is 0.337 e. The van der Waals surface area contributed by atoms with E-state index in [1.807, 2.05) is 89.8 Å². The summed E-state index contributed by atoms with van der Waals surface area (Å²) in [5, 5.41) is 1.77. The molecule has 3 aromatic carbocycles. The third-order valence-electron chi connectivity index (χ3n) is 7.09. The number of aromatic amines is 1. The maximum absolute atomic E-state index is 13.8. The number of ether oxygens (including phenoxy) is 2. The highest BCUT2D eigenvalue weighted by Gasteiger charge is 2.33. The van der Waals surface area contributed by atoms with Crippen molar-refractivity contribution in [3.8, 4) is 11.4 Å². The Morgan fingerprint density at radius 3 is 2.52 bits per heavy atom. The summed E-state index contributed by atoms with van der Waals surface area (Å²) in [5.74, 6) is 0.257. The summed E-state index contributed by atoms with van der Waals surface area (Å²) in [6.45, 7) is 0.482. The van der Waals surface area contributed by atoms with Gasteiger partial charge in [-0.2, -0.15) is 0 Å². The number of nitrogens with zero attached hydrogens (tertiary/aromatic N) is 3. The highest BCUT2D eigenvalue weighted by molar-refractivity contribution is 8.18. The molecule has 0 bridgehead atoms. The molecule has 0 spiro atoms. The van der Waals surface area contributed by atoms with Gasteiger partial charge < -0.3 is 19.0 Å². The van der Waals surface area contributed by atoms with Crippen molar-refractivity contribution in [2.75, 3.05) is 20.8 Å². The number of hydrogen-bond donors (Lipinski definition) is 1. The third kappa shape index (κ3) is 5.46. The molecule has 0 radical (unpaired) electrons. The number of amidine groups is 1. The normalized spacial score (nSPS) is 15.2. The molecule has 0 saturated carbocycles. The van der Waals surface area contributed by atoms with Gasteiger partial charge in [-0.3, -0.25) is 9.69 Å². The van der Waals surface area contributed by atoms with Gasteiger partial charge in [0.25, 0.3) is 5.91 Å². The van der Waals surface area contributed by atoms with E-state index >= 15 is 0 Å². The van der Waals surface area contributed by atoms with Crippen molar-refractivity contribution >= 4 is 51.5 Å². The molecular formula is C33H28N4O4S. The molecular weight excluding hydrogens is 548 g/mol. The van der Waals surface area contributed by atoms with Crippen molar-refractivity contribution in [1.29, 1.82) is 0 Å². The highest BCUT2D eigenvalue weighted by Crippen LogP contribution is 2.35. The maximum atomic E-state index is 13.8. The Bertz CT molecular complexity index is 1820. The lowest BCUT2D eigenvalue weighted by molar-refractivity contribution is -0.122. The fourth-order valence-electron chi connectivity index (χ4n) is 4.88. The largest absolute Gasteiger partial charge is 0.497 e. The number of aliphatic imine (C=N–C) groups is 1. The Morgan fingerprint density at radius 2 is 1.76 bits per heavy atom. The van der Waals surface area contributed by atoms with Crippen LogP contribution in [0, 0.1) is 0 Å². The number of aromatic nitrogens is 2. The van der Waals surface area contributed by atoms with Crippen molar-refractivity contribution in [2.45, 2.75) is 6.42 Å². The van der Waals surface area contributed by atoms with Crippen LogP contribution in [0.2, 0.25) is 0 Å². The number of rotatable bonds is 8. The highest BCUT2D eigenvalue weighted by atomic mass is 32.2. The first-order chi connectivity index (χ1) is 20.5. The number of hydrogen-bond acceptors (Lipinski definition) is 6. The standard InChI is InChI=1S/C33H28N4O4S/c1-40-27-15-11-24(12-16-27)35-33-37(19-17-23-21-34-29-8-4-3-7-28(23)29)31(38)30(42-33)20-26-6-5-18-36(26)25-13-9-22(10-14-25)32(39)41-2/h3-16,18,20-21,34H,17,19H2,1-2H3. The van der Waals surface area contributed by atoms with Gasteiger partial charge in [-0.15, -0.1) is 0 Å². The van der Waals surface area contributed by atoms with Gasteiger partial charge in [-0.25, -0.2) is 9.79 Å². The molecule has 1 amide bonds. The Kier molecular flexibility index (Phi) is 7.66. The molecule has 0 aliphatic carbocycles. The quantitative estimate of drug-likeness (QED) is 0.166. The van der Waals surface area contributed by atoms with Gasteiger partial charge in [0.1, 0.15) is 5.75 Å². The van der Waals surface area contributed by atoms with Crippen molar-refractivity contribution in [3.05, 3.63) is 119 Å². The van der Waals surface area contributed by atoms with E-state index in [1.165, 1.54) is 18.9 Å². The molecule has 0 unspecified atom stereocenters. The average molecular weight is 577 g/mol. The molecule has 9 heteroatoms. The molecule has 1 saturated heterocycles. The lowest BCUT2D eigenvalue weighted by atomic mass is 10.1. The number of methoxy groups -OCH3 is 2. The molecule has 2 aromatic heterocycles. The number of fused-ring (bicyclic) bond motifs is 1. The van der Waals surface area contributed by atoms with E-state index in [1.54, 1.807) is 24.1 Å². The number of amides is 1. The van der Waals surface area contributed by atoms with Gasteiger partial charge in [0.15, 0.2) is 5.17 Å². The molecule has 8 nitrogen and oxygen atoms in total. The molecule has 1 N–H and O–H groups in total. The predicted octanol–water partition coefficient (Wildman–Crippen LogP) is 6.60. The van der Waals surface area contributed by atoms with Crippen LogP contribution < -0.4 is 4.74 Å². The second kappa shape index (κ2) is 11.8. The van der Waals surface area contributed by atoms with Crippen LogP contribution in [0.25, 0.3) is 22.7 Å². The van der Waals surface area contributed by atoms with Crippen LogP contribution in [0.1, 0.15) is 21.6 Å². The minimum absolute atomic E-state index is 0.0964. The molecule has 5 aromatic rings. The van der Waals surface area contributed by atoms with E-state index in [-0.39, 0.29) is 11.9 Å². The predicted molar refractivity (Wildman–Crippen MR) is 166 cm³/mol. The van der Waals surface area contributed by atoms with E-state index in [0.29, 0.717) is 28.6 Å². The number of thioether (sulfide) groups is 1. The summed E-state index contributed by atoms with van der Waals surface area (Å²) in [6.07, 6.45) is 6.49. The van der Waals surface area contributed by atoms with E-state index < -0.39 is 0 Å². The molecule has 210 valence electrons. The minimum Gasteiger partial charge on any atom is -0.497 e. The second-order valence-corrected chi connectivity index (χ2v) is 10.6. The van der Waals surface area contributed by atoms with Crippen LogP contribution >= 0.6 is 11.8 Å². The number of para-hydroxylation sites is 1. The minimum atomic E-state index is -0.388. The van der Waals surface area contributed by atoms with E-state index in [2.05, 4.69) is 11.1 Å². The van der Waals surface area contributed by atoms with Crippen LogP contribution in [0.4, 0.5) is 5.69 Å². The molecule has 1 aliphatic heterocycles. The third-order valence-corrected chi connectivity index (χ3v) is 8.10. The van der Waals surface area contributed by atoms with Crippen molar-refractivity contribution < 1.29 is 19.1 Å². The monoisotopic (exact) mass is 576 g/mol. The second-order valence-electron chi connectivity index (χ2n) is 9.61. The van der Waals surface area contributed by atoms with Crippen molar-refractivity contribution in [3.63, 3.8) is 0 Å².